The Morgan fingerprint density at radius 3 is 2.25 bits per heavy atom. The average Bonchev–Trinajstić information content (AvgIpc) is 2.46. The SMILES string of the molecule is CCC(=O)N1CCN(C(=O)Cc2cccc(Cl)c2)CC1. The molecule has 20 heavy (non-hydrogen) atoms. The molecule has 1 heterocycles. The van der Waals surface area contributed by atoms with E-state index in [2.05, 4.69) is 0 Å². The topological polar surface area (TPSA) is 40.6 Å². The highest BCUT2D eigenvalue weighted by Gasteiger charge is 2.23. The van der Waals surface area contributed by atoms with Crippen molar-refractivity contribution < 1.29 is 9.59 Å². The Bertz CT molecular complexity index is 496. The van der Waals surface area contributed by atoms with E-state index in [4.69, 9.17) is 11.6 Å². The second-order valence-corrected chi connectivity index (χ2v) is 5.36. The standard InChI is InChI=1S/C15H19ClN2O2/c1-2-14(19)17-6-8-18(9-7-17)15(20)11-12-4-3-5-13(16)10-12/h3-5,10H,2,6-9,11H2,1H3. The molecule has 4 nitrogen and oxygen atoms in total. The Labute approximate surface area is 124 Å². The number of hydrogen-bond acceptors (Lipinski definition) is 2. The fraction of sp³-hybridized carbons (Fsp3) is 0.467. The van der Waals surface area contributed by atoms with Crippen LogP contribution < -0.4 is 0 Å². The Balaban J connectivity index is 1.87. The first-order valence-corrected chi connectivity index (χ1v) is 7.28. The van der Waals surface area contributed by atoms with Crippen molar-refractivity contribution in [1.82, 2.24) is 9.80 Å². The van der Waals surface area contributed by atoms with Crippen LogP contribution in [0.5, 0.6) is 0 Å². The number of halogens is 1. The highest BCUT2D eigenvalue weighted by atomic mass is 35.5. The van der Waals surface area contributed by atoms with E-state index in [1.54, 1.807) is 6.07 Å². The van der Waals surface area contributed by atoms with Crippen LogP contribution in [-0.2, 0) is 16.0 Å². The van der Waals surface area contributed by atoms with Gasteiger partial charge in [-0.2, -0.15) is 0 Å². The molecule has 2 rings (SSSR count). The van der Waals surface area contributed by atoms with Crippen molar-refractivity contribution in [2.24, 2.45) is 0 Å². The van der Waals surface area contributed by atoms with Gasteiger partial charge in [-0.15, -0.1) is 0 Å². The summed E-state index contributed by atoms with van der Waals surface area (Å²) in [5, 5.41) is 0.647. The molecule has 1 aliphatic heterocycles. The van der Waals surface area contributed by atoms with Crippen LogP contribution in [-0.4, -0.2) is 47.8 Å². The summed E-state index contributed by atoms with van der Waals surface area (Å²) in [6, 6.07) is 7.37. The van der Waals surface area contributed by atoms with Crippen LogP contribution in [0.15, 0.2) is 24.3 Å². The van der Waals surface area contributed by atoms with Gasteiger partial charge in [0.1, 0.15) is 0 Å². The van der Waals surface area contributed by atoms with Crippen LogP contribution >= 0.6 is 11.6 Å². The Morgan fingerprint density at radius 1 is 1.10 bits per heavy atom. The van der Waals surface area contributed by atoms with Crippen molar-refractivity contribution in [3.8, 4) is 0 Å². The molecule has 0 bridgehead atoms. The lowest BCUT2D eigenvalue weighted by molar-refractivity contribution is -0.139. The molecule has 108 valence electrons. The summed E-state index contributed by atoms with van der Waals surface area (Å²) < 4.78 is 0. The van der Waals surface area contributed by atoms with Crippen LogP contribution in [0.25, 0.3) is 0 Å². The van der Waals surface area contributed by atoms with Gasteiger partial charge < -0.3 is 9.80 Å². The molecular formula is C15H19ClN2O2. The third-order valence-electron chi connectivity index (χ3n) is 3.53. The van der Waals surface area contributed by atoms with Crippen LogP contribution in [0, 0.1) is 0 Å². The van der Waals surface area contributed by atoms with Gasteiger partial charge in [0.15, 0.2) is 0 Å². The van der Waals surface area contributed by atoms with Gasteiger partial charge in [-0.1, -0.05) is 30.7 Å². The molecule has 1 aliphatic rings. The second-order valence-electron chi connectivity index (χ2n) is 4.92. The molecule has 0 N–H and O–H groups in total. The first-order chi connectivity index (χ1) is 9.60. The maximum absolute atomic E-state index is 12.2. The van der Waals surface area contributed by atoms with Crippen molar-refractivity contribution in [2.45, 2.75) is 19.8 Å². The Hall–Kier alpha value is -1.55. The summed E-state index contributed by atoms with van der Waals surface area (Å²) in [4.78, 5) is 27.4. The molecule has 1 saturated heterocycles. The molecule has 2 amide bonds. The van der Waals surface area contributed by atoms with Gasteiger partial charge in [-0.05, 0) is 17.7 Å². The lowest BCUT2D eigenvalue weighted by Crippen LogP contribution is -2.50. The summed E-state index contributed by atoms with van der Waals surface area (Å²) in [5.41, 5.74) is 0.926. The highest BCUT2D eigenvalue weighted by molar-refractivity contribution is 6.30. The van der Waals surface area contributed by atoms with Crippen molar-refractivity contribution in [2.75, 3.05) is 26.2 Å². The molecule has 0 unspecified atom stereocenters. The molecule has 0 aliphatic carbocycles. The first-order valence-electron chi connectivity index (χ1n) is 6.90. The number of hydrogen-bond donors (Lipinski definition) is 0. The van der Waals surface area contributed by atoms with Gasteiger partial charge in [-0.25, -0.2) is 0 Å². The van der Waals surface area contributed by atoms with Crippen LogP contribution in [0.4, 0.5) is 0 Å². The van der Waals surface area contributed by atoms with E-state index >= 15 is 0 Å². The monoisotopic (exact) mass is 294 g/mol. The number of amides is 2. The number of rotatable bonds is 3. The van der Waals surface area contributed by atoms with E-state index in [1.807, 2.05) is 34.9 Å². The lowest BCUT2D eigenvalue weighted by Gasteiger charge is -2.34. The zero-order chi connectivity index (χ0) is 14.5. The second kappa shape index (κ2) is 6.75. The Kier molecular flexibility index (Phi) is 5.01. The summed E-state index contributed by atoms with van der Waals surface area (Å²) >= 11 is 5.91. The van der Waals surface area contributed by atoms with E-state index in [0.717, 1.165) is 5.56 Å². The summed E-state index contributed by atoms with van der Waals surface area (Å²) in [5.74, 6) is 0.253. The summed E-state index contributed by atoms with van der Waals surface area (Å²) in [6.07, 6.45) is 0.888. The maximum atomic E-state index is 12.2. The quantitative estimate of drug-likeness (QED) is 0.855. The molecule has 1 aromatic carbocycles. The fourth-order valence-corrected chi connectivity index (χ4v) is 2.58. The minimum atomic E-state index is 0.0934. The fourth-order valence-electron chi connectivity index (χ4n) is 2.36. The van der Waals surface area contributed by atoms with E-state index in [0.29, 0.717) is 44.0 Å². The van der Waals surface area contributed by atoms with Gasteiger partial charge >= 0.3 is 0 Å². The van der Waals surface area contributed by atoms with Crippen molar-refractivity contribution in [3.05, 3.63) is 34.9 Å². The van der Waals surface area contributed by atoms with Crippen LogP contribution in [0.1, 0.15) is 18.9 Å². The van der Waals surface area contributed by atoms with E-state index < -0.39 is 0 Å². The molecule has 0 aromatic heterocycles. The van der Waals surface area contributed by atoms with Crippen LogP contribution in [0.2, 0.25) is 5.02 Å². The number of carbonyl (C=O) groups is 2. The number of piperazine rings is 1. The van der Waals surface area contributed by atoms with Gasteiger partial charge in [-0.3, -0.25) is 9.59 Å². The third-order valence-corrected chi connectivity index (χ3v) is 3.77. The number of benzene rings is 1. The average molecular weight is 295 g/mol. The molecule has 0 radical (unpaired) electrons. The maximum Gasteiger partial charge on any atom is 0.227 e. The minimum Gasteiger partial charge on any atom is -0.339 e. The lowest BCUT2D eigenvalue weighted by atomic mass is 10.1. The van der Waals surface area contributed by atoms with Gasteiger partial charge in [0, 0.05) is 37.6 Å². The van der Waals surface area contributed by atoms with E-state index in [1.165, 1.54) is 0 Å². The highest BCUT2D eigenvalue weighted by Crippen LogP contribution is 2.13. The Morgan fingerprint density at radius 2 is 1.70 bits per heavy atom. The largest absolute Gasteiger partial charge is 0.339 e. The van der Waals surface area contributed by atoms with Crippen molar-refractivity contribution in [1.29, 1.82) is 0 Å². The zero-order valence-corrected chi connectivity index (χ0v) is 12.4. The van der Waals surface area contributed by atoms with Gasteiger partial charge in [0.2, 0.25) is 11.8 Å². The molecule has 0 spiro atoms. The van der Waals surface area contributed by atoms with E-state index in [-0.39, 0.29) is 11.8 Å². The molecule has 1 aromatic rings. The molecule has 5 heteroatoms. The third kappa shape index (κ3) is 3.73. The molecule has 0 atom stereocenters. The van der Waals surface area contributed by atoms with Gasteiger partial charge in [0.05, 0.1) is 6.42 Å². The molecule has 1 fully saturated rings. The van der Waals surface area contributed by atoms with E-state index in [9.17, 15) is 9.59 Å². The minimum absolute atomic E-state index is 0.0934. The zero-order valence-electron chi connectivity index (χ0n) is 11.6. The normalized spacial score (nSPS) is 15.3. The summed E-state index contributed by atoms with van der Waals surface area (Å²) in [7, 11) is 0. The van der Waals surface area contributed by atoms with Crippen molar-refractivity contribution in [3.63, 3.8) is 0 Å². The van der Waals surface area contributed by atoms with Crippen LogP contribution in [0.3, 0.4) is 0 Å². The molecular weight excluding hydrogens is 276 g/mol. The number of nitrogens with zero attached hydrogens (tertiary/aromatic N) is 2. The van der Waals surface area contributed by atoms with Gasteiger partial charge in [0.25, 0.3) is 0 Å². The molecule has 0 saturated carbocycles. The summed E-state index contributed by atoms with van der Waals surface area (Å²) in [6.45, 7) is 4.36. The predicted octanol–water partition coefficient (Wildman–Crippen LogP) is 1.96. The predicted molar refractivity (Wildman–Crippen MR) is 78.6 cm³/mol. The van der Waals surface area contributed by atoms with Crippen molar-refractivity contribution >= 4 is 23.4 Å². The number of carbonyl (C=O) groups excluding carboxylic acids is 2. The smallest absolute Gasteiger partial charge is 0.227 e. The first kappa shape index (κ1) is 14.9.